The highest BCUT2D eigenvalue weighted by Gasteiger charge is 2.32. The predicted molar refractivity (Wildman–Crippen MR) is 130 cm³/mol. The van der Waals surface area contributed by atoms with Crippen LogP contribution in [0.25, 0.3) is 11.1 Å². The molecule has 0 bridgehead atoms. The van der Waals surface area contributed by atoms with Gasteiger partial charge in [-0.2, -0.15) is 0 Å². The van der Waals surface area contributed by atoms with Crippen LogP contribution in [-0.2, 0) is 23.8 Å². The molecular weight excluding hydrogens is 448 g/mol. The summed E-state index contributed by atoms with van der Waals surface area (Å²) in [6, 6.07) is 14.0. The van der Waals surface area contributed by atoms with Crippen LogP contribution < -0.4 is 10.6 Å². The molecule has 2 atom stereocenters. The number of methoxy groups -OCH3 is 1. The lowest BCUT2D eigenvalue weighted by Crippen LogP contribution is -2.55. The van der Waals surface area contributed by atoms with Gasteiger partial charge in [-0.3, -0.25) is 4.79 Å². The molecule has 0 aromatic heterocycles. The zero-order valence-electron chi connectivity index (χ0n) is 20.1. The third-order valence-electron chi connectivity index (χ3n) is 5.84. The Balaban J connectivity index is 1.67. The molecule has 35 heavy (non-hydrogen) atoms. The normalized spacial score (nSPS) is 13.7. The standard InChI is InChI=1S/C27H30N2O6/c1-5-14-34-16-23(25(30)29-24(17(2)3)26(31)33-4)28-27(32)35-15-22-20-12-8-6-10-18(20)19-11-7-9-13-21(19)22/h1,6-13,17,22-24H,14-16H2,2-4H3,(H,28,32)(H,29,30)/t23-,24-/m0/s1. The van der Waals surface area contributed by atoms with Crippen LogP contribution in [0.15, 0.2) is 48.5 Å². The van der Waals surface area contributed by atoms with E-state index in [9.17, 15) is 14.4 Å². The van der Waals surface area contributed by atoms with E-state index in [-0.39, 0.29) is 31.7 Å². The summed E-state index contributed by atoms with van der Waals surface area (Å²) in [5.41, 5.74) is 4.37. The van der Waals surface area contributed by atoms with Crippen LogP contribution in [-0.4, -0.2) is 57.0 Å². The molecule has 3 rings (SSSR count). The molecule has 0 saturated carbocycles. The van der Waals surface area contributed by atoms with Crippen molar-refractivity contribution in [3.63, 3.8) is 0 Å². The third-order valence-corrected chi connectivity index (χ3v) is 5.84. The molecule has 2 aromatic carbocycles. The minimum absolute atomic E-state index is 0.0409. The summed E-state index contributed by atoms with van der Waals surface area (Å²) in [6.45, 7) is 3.40. The lowest BCUT2D eigenvalue weighted by molar-refractivity contribution is -0.146. The first-order valence-electron chi connectivity index (χ1n) is 11.4. The van der Waals surface area contributed by atoms with E-state index >= 15 is 0 Å². The number of amides is 2. The number of carbonyl (C=O) groups excluding carboxylic acids is 3. The van der Waals surface area contributed by atoms with E-state index in [4.69, 9.17) is 20.6 Å². The van der Waals surface area contributed by atoms with Gasteiger partial charge in [0.05, 0.1) is 13.7 Å². The van der Waals surface area contributed by atoms with Crippen molar-refractivity contribution in [3.8, 4) is 23.5 Å². The smallest absolute Gasteiger partial charge is 0.407 e. The lowest BCUT2D eigenvalue weighted by atomic mass is 9.98. The summed E-state index contributed by atoms with van der Waals surface area (Å²) in [5.74, 6) is 0.763. The largest absolute Gasteiger partial charge is 0.467 e. The van der Waals surface area contributed by atoms with Crippen molar-refractivity contribution in [1.82, 2.24) is 10.6 Å². The molecule has 8 nitrogen and oxygen atoms in total. The van der Waals surface area contributed by atoms with Crippen molar-refractivity contribution < 1.29 is 28.6 Å². The number of carbonyl (C=O) groups is 3. The van der Waals surface area contributed by atoms with Gasteiger partial charge in [0.2, 0.25) is 5.91 Å². The Morgan fingerprint density at radius 1 is 1.00 bits per heavy atom. The Morgan fingerprint density at radius 2 is 1.60 bits per heavy atom. The molecule has 0 heterocycles. The number of hydrogen-bond acceptors (Lipinski definition) is 6. The monoisotopic (exact) mass is 478 g/mol. The number of hydrogen-bond donors (Lipinski definition) is 2. The number of benzene rings is 2. The van der Waals surface area contributed by atoms with Gasteiger partial charge in [-0.05, 0) is 28.2 Å². The second-order valence-corrected chi connectivity index (χ2v) is 8.50. The molecule has 2 aromatic rings. The number of terminal acetylenes is 1. The highest BCUT2D eigenvalue weighted by Crippen LogP contribution is 2.44. The number of fused-ring (bicyclic) bond motifs is 3. The van der Waals surface area contributed by atoms with Crippen molar-refractivity contribution in [3.05, 3.63) is 59.7 Å². The van der Waals surface area contributed by atoms with Crippen LogP contribution in [0, 0.1) is 18.3 Å². The molecule has 0 radical (unpaired) electrons. The molecule has 0 fully saturated rings. The maximum Gasteiger partial charge on any atom is 0.407 e. The number of rotatable bonds is 10. The van der Waals surface area contributed by atoms with Crippen molar-refractivity contribution >= 4 is 18.0 Å². The van der Waals surface area contributed by atoms with Crippen LogP contribution in [0.2, 0.25) is 0 Å². The first kappa shape index (κ1) is 25.8. The lowest BCUT2D eigenvalue weighted by Gasteiger charge is -2.24. The maximum absolute atomic E-state index is 12.9. The first-order chi connectivity index (χ1) is 16.9. The van der Waals surface area contributed by atoms with Gasteiger partial charge < -0.3 is 24.8 Å². The number of ether oxygens (including phenoxy) is 3. The molecule has 0 unspecified atom stereocenters. The average Bonchev–Trinajstić information content (AvgIpc) is 3.18. The van der Waals surface area contributed by atoms with Crippen molar-refractivity contribution in [2.24, 2.45) is 5.92 Å². The second-order valence-electron chi connectivity index (χ2n) is 8.50. The van der Waals surface area contributed by atoms with E-state index in [1.165, 1.54) is 7.11 Å². The van der Waals surface area contributed by atoms with Crippen LogP contribution in [0.5, 0.6) is 0 Å². The van der Waals surface area contributed by atoms with Crippen LogP contribution in [0.3, 0.4) is 0 Å². The van der Waals surface area contributed by atoms with Crippen molar-refractivity contribution in [2.45, 2.75) is 31.8 Å². The fourth-order valence-electron chi connectivity index (χ4n) is 4.08. The Hall–Kier alpha value is -3.83. The van der Waals surface area contributed by atoms with Crippen LogP contribution in [0.4, 0.5) is 4.79 Å². The van der Waals surface area contributed by atoms with Gasteiger partial charge in [0.15, 0.2) is 0 Å². The highest BCUT2D eigenvalue weighted by atomic mass is 16.5. The van der Waals surface area contributed by atoms with Gasteiger partial charge in [0.1, 0.15) is 25.3 Å². The average molecular weight is 479 g/mol. The zero-order valence-corrected chi connectivity index (χ0v) is 20.1. The van der Waals surface area contributed by atoms with E-state index in [1.807, 2.05) is 48.5 Å². The molecule has 184 valence electrons. The Bertz CT molecular complexity index is 1060. The van der Waals surface area contributed by atoms with Gasteiger partial charge in [-0.25, -0.2) is 9.59 Å². The maximum atomic E-state index is 12.9. The van der Waals surface area contributed by atoms with Gasteiger partial charge in [-0.15, -0.1) is 6.42 Å². The van der Waals surface area contributed by atoms with E-state index in [0.717, 1.165) is 22.3 Å². The fraction of sp³-hybridized carbons (Fsp3) is 0.370. The summed E-state index contributed by atoms with van der Waals surface area (Å²) >= 11 is 0. The van der Waals surface area contributed by atoms with E-state index in [1.54, 1.807) is 13.8 Å². The van der Waals surface area contributed by atoms with Gasteiger partial charge >= 0.3 is 12.1 Å². The molecule has 2 N–H and O–H groups in total. The fourth-order valence-corrected chi connectivity index (χ4v) is 4.08. The molecule has 0 spiro atoms. The second kappa shape index (κ2) is 12.0. The van der Waals surface area contributed by atoms with Crippen molar-refractivity contribution in [2.75, 3.05) is 26.9 Å². The molecule has 1 aliphatic carbocycles. The molecule has 0 saturated heterocycles. The molecule has 0 aliphatic heterocycles. The highest BCUT2D eigenvalue weighted by molar-refractivity contribution is 5.90. The summed E-state index contributed by atoms with van der Waals surface area (Å²) in [4.78, 5) is 37.6. The van der Waals surface area contributed by atoms with E-state index in [2.05, 4.69) is 16.6 Å². The summed E-state index contributed by atoms with van der Waals surface area (Å²) < 4.78 is 15.6. The molecule has 2 amide bonds. The first-order valence-corrected chi connectivity index (χ1v) is 11.4. The van der Waals surface area contributed by atoms with Crippen molar-refractivity contribution in [1.29, 1.82) is 0 Å². The minimum Gasteiger partial charge on any atom is -0.467 e. The van der Waals surface area contributed by atoms with Gasteiger partial charge in [0, 0.05) is 5.92 Å². The number of esters is 1. The topological polar surface area (TPSA) is 103 Å². The summed E-state index contributed by atoms with van der Waals surface area (Å²) in [5, 5.41) is 5.14. The predicted octanol–water partition coefficient (Wildman–Crippen LogP) is 2.86. The Morgan fingerprint density at radius 3 is 2.14 bits per heavy atom. The zero-order chi connectivity index (χ0) is 25.4. The Kier molecular flexibility index (Phi) is 8.87. The quantitative estimate of drug-likeness (QED) is 0.309. The van der Waals surface area contributed by atoms with Gasteiger partial charge in [0.25, 0.3) is 0 Å². The van der Waals surface area contributed by atoms with Gasteiger partial charge in [-0.1, -0.05) is 68.3 Å². The van der Waals surface area contributed by atoms with Crippen LogP contribution in [0.1, 0.15) is 30.9 Å². The SMILES string of the molecule is C#CCOC[C@H](NC(=O)OCC1c2ccccc2-c2ccccc21)C(=O)N[C@H](C(=O)OC)C(C)C. The third kappa shape index (κ3) is 6.19. The minimum atomic E-state index is -1.12. The molecule has 8 heteroatoms. The Labute approximate surface area is 205 Å². The number of alkyl carbamates (subject to hydrolysis) is 1. The van der Waals surface area contributed by atoms with E-state index < -0.39 is 30.1 Å². The van der Waals surface area contributed by atoms with E-state index in [0.29, 0.717) is 0 Å². The van der Waals surface area contributed by atoms with Crippen LogP contribution >= 0.6 is 0 Å². The summed E-state index contributed by atoms with van der Waals surface area (Å²) in [6.07, 6.45) is 4.44. The summed E-state index contributed by atoms with van der Waals surface area (Å²) in [7, 11) is 1.24. The molecular formula is C27H30N2O6. The molecule has 1 aliphatic rings. The number of nitrogens with one attached hydrogen (secondary N) is 2.